The Labute approximate surface area is 164 Å². The molecule has 0 spiro atoms. The molecule has 154 valence electrons. The van der Waals surface area contributed by atoms with Crippen LogP contribution in [0.25, 0.3) is 0 Å². The summed E-state index contributed by atoms with van der Waals surface area (Å²) in [6.07, 6.45) is 2.27. The first-order valence-electron chi connectivity index (χ1n) is 9.51. The lowest BCUT2D eigenvalue weighted by Crippen LogP contribution is -2.34. The van der Waals surface area contributed by atoms with Crippen LogP contribution in [0.4, 0.5) is 0 Å². The lowest BCUT2D eigenvalue weighted by molar-refractivity contribution is -0.144. The number of rotatable bonds is 9. The van der Waals surface area contributed by atoms with Crippen molar-refractivity contribution < 1.29 is 29.0 Å². The van der Waals surface area contributed by atoms with Crippen LogP contribution in [0.5, 0.6) is 11.5 Å². The van der Waals surface area contributed by atoms with Crippen LogP contribution >= 0.6 is 0 Å². The first-order chi connectivity index (χ1) is 13.4. The molecule has 1 saturated carbocycles. The van der Waals surface area contributed by atoms with Gasteiger partial charge in [-0.15, -0.1) is 0 Å². The summed E-state index contributed by atoms with van der Waals surface area (Å²) in [4.78, 5) is 34.9. The van der Waals surface area contributed by atoms with Gasteiger partial charge in [-0.3, -0.25) is 14.4 Å². The molecule has 8 heteroatoms. The van der Waals surface area contributed by atoms with Gasteiger partial charge in [0.15, 0.2) is 18.1 Å². The fourth-order valence-corrected chi connectivity index (χ4v) is 3.27. The molecular formula is C20H28N2O6. The zero-order chi connectivity index (χ0) is 20.5. The molecule has 2 amide bonds. The molecule has 0 unspecified atom stereocenters. The summed E-state index contributed by atoms with van der Waals surface area (Å²) in [5.74, 6) is -0.579. The third-order valence-corrected chi connectivity index (χ3v) is 4.87. The lowest BCUT2D eigenvalue weighted by Gasteiger charge is -2.25. The number of amides is 2. The average molecular weight is 392 g/mol. The zero-order valence-corrected chi connectivity index (χ0v) is 16.3. The maximum atomic E-state index is 12.3. The Morgan fingerprint density at radius 1 is 1.07 bits per heavy atom. The Morgan fingerprint density at radius 2 is 1.75 bits per heavy atom. The van der Waals surface area contributed by atoms with Gasteiger partial charge in [-0.1, -0.05) is 6.07 Å². The third kappa shape index (κ3) is 6.14. The van der Waals surface area contributed by atoms with Crippen LogP contribution < -0.4 is 20.1 Å². The first-order valence-corrected chi connectivity index (χ1v) is 9.51. The number of aliphatic carboxylic acids is 1. The number of carboxylic acid groups (broad SMARTS) is 1. The third-order valence-electron chi connectivity index (χ3n) is 4.87. The second kappa shape index (κ2) is 10.5. The summed E-state index contributed by atoms with van der Waals surface area (Å²) in [6, 6.07) is 5.27. The average Bonchev–Trinajstić information content (AvgIpc) is 2.70. The summed E-state index contributed by atoms with van der Waals surface area (Å²) in [5.41, 5.74) is 0.842. The highest BCUT2D eigenvalue weighted by molar-refractivity contribution is 5.79. The molecule has 3 N–H and O–H groups in total. The fraction of sp³-hybridized carbons (Fsp3) is 0.550. The molecule has 0 aliphatic heterocycles. The van der Waals surface area contributed by atoms with Crippen LogP contribution in [0.2, 0.25) is 0 Å². The van der Waals surface area contributed by atoms with Gasteiger partial charge in [0.05, 0.1) is 13.0 Å². The number of benzene rings is 1. The van der Waals surface area contributed by atoms with Crippen molar-refractivity contribution in [2.24, 2.45) is 11.8 Å². The molecule has 1 aliphatic carbocycles. The normalized spacial score (nSPS) is 18.8. The molecule has 0 heterocycles. The number of likely N-dealkylation sites (N-methyl/N-ethyl adjacent to an activating group) is 1. The van der Waals surface area contributed by atoms with E-state index in [1.807, 2.05) is 6.92 Å². The van der Waals surface area contributed by atoms with Crippen LogP contribution in [0, 0.1) is 11.8 Å². The maximum absolute atomic E-state index is 12.3. The van der Waals surface area contributed by atoms with E-state index in [1.165, 1.54) is 7.11 Å². The highest BCUT2D eigenvalue weighted by Crippen LogP contribution is 2.30. The number of methoxy groups -OCH3 is 1. The summed E-state index contributed by atoms with van der Waals surface area (Å²) < 4.78 is 10.8. The first kappa shape index (κ1) is 21.5. The summed E-state index contributed by atoms with van der Waals surface area (Å²) in [6.45, 7) is 2.61. The summed E-state index contributed by atoms with van der Waals surface area (Å²) in [5, 5.41) is 14.6. The molecule has 1 fully saturated rings. The van der Waals surface area contributed by atoms with Crippen LogP contribution in [0.3, 0.4) is 0 Å². The van der Waals surface area contributed by atoms with Gasteiger partial charge in [0.1, 0.15) is 0 Å². The van der Waals surface area contributed by atoms with E-state index < -0.39 is 5.97 Å². The Kier molecular flexibility index (Phi) is 8.10. The highest BCUT2D eigenvalue weighted by Gasteiger charge is 2.29. The van der Waals surface area contributed by atoms with Crippen LogP contribution in [-0.2, 0) is 20.9 Å². The summed E-state index contributed by atoms with van der Waals surface area (Å²) >= 11 is 0. The highest BCUT2D eigenvalue weighted by atomic mass is 16.5. The minimum Gasteiger partial charge on any atom is -0.493 e. The molecule has 1 aliphatic rings. The van der Waals surface area contributed by atoms with Crippen LogP contribution in [0.15, 0.2) is 18.2 Å². The molecule has 28 heavy (non-hydrogen) atoms. The molecule has 1 aromatic rings. The maximum Gasteiger partial charge on any atom is 0.306 e. The van der Waals surface area contributed by atoms with E-state index in [9.17, 15) is 14.4 Å². The molecule has 0 bridgehead atoms. The predicted octanol–water partition coefficient (Wildman–Crippen LogP) is 1.72. The summed E-state index contributed by atoms with van der Waals surface area (Å²) in [7, 11) is 1.51. The Morgan fingerprint density at radius 3 is 2.36 bits per heavy atom. The standard InChI is InChI=1S/C20H28N2O6/c1-3-21-18(23)12-28-16-9-4-13(10-17(16)27-2)11-22-19(24)14-5-7-15(8-6-14)20(25)26/h4,9-10,14-15H,3,5-8,11-12H2,1-2H3,(H,21,23)(H,22,24)(H,25,26). The smallest absolute Gasteiger partial charge is 0.306 e. The van der Waals surface area contributed by atoms with E-state index in [4.69, 9.17) is 14.6 Å². The van der Waals surface area contributed by atoms with E-state index in [0.29, 0.717) is 50.3 Å². The molecule has 0 atom stereocenters. The number of carbonyl (C=O) groups excluding carboxylic acids is 2. The fourth-order valence-electron chi connectivity index (χ4n) is 3.27. The van der Waals surface area contributed by atoms with Gasteiger partial charge in [-0.25, -0.2) is 0 Å². The van der Waals surface area contributed by atoms with E-state index in [-0.39, 0.29) is 30.3 Å². The van der Waals surface area contributed by atoms with Crippen molar-refractivity contribution in [2.75, 3.05) is 20.3 Å². The number of carbonyl (C=O) groups is 3. The van der Waals surface area contributed by atoms with Crippen LogP contribution in [-0.4, -0.2) is 43.2 Å². The van der Waals surface area contributed by atoms with Gasteiger partial charge in [0.2, 0.25) is 5.91 Å². The molecule has 2 rings (SSSR count). The molecule has 0 radical (unpaired) electrons. The second-order valence-electron chi connectivity index (χ2n) is 6.83. The monoisotopic (exact) mass is 392 g/mol. The lowest BCUT2D eigenvalue weighted by atomic mass is 9.81. The Hall–Kier alpha value is -2.77. The van der Waals surface area contributed by atoms with Crippen molar-refractivity contribution >= 4 is 17.8 Å². The Bertz CT molecular complexity index is 698. The number of nitrogens with one attached hydrogen (secondary N) is 2. The van der Waals surface area contributed by atoms with Gasteiger partial charge in [0, 0.05) is 19.0 Å². The van der Waals surface area contributed by atoms with E-state index in [2.05, 4.69) is 10.6 Å². The van der Waals surface area contributed by atoms with Gasteiger partial charge >= 0.3 is 5.97 Å². The number of carboxylic acids is 1. The van der Waals surface area contributed by atoms with Crippen molar-refractivity contribution in [3.05, 3.63) is 23.8 Å². The van der Waals surface area contributed by atoms with Crippen molar-refractivity contribution in [1.82, 2.24) is 10.6 Å². The van der Waals surface area contributed by atoms with Gasteiger partial charge in [-0.2, -0.15) is 0 Å². The predicted molar refractivity (Wildman–Crippen MR) is 102 cm³/mol. The molecule has 0 aromatic heterocycles. The molecule has 8 nitrogen and oxygen atoms in total. The quantitative estimate of drug-likeness (QED) is 0.590. The van der Waals surface area contributed by atoms with Crippen molar-refractivity contribution in [3.8, 4) is 11.5 Å². The number of hydrogen-bond donors (Lipinski definition) is 3. The number of ether oxygens (including phenoxy) is 2. The van der Waals surface area contributed by atoms with Gasteiger partial charge in [-0.05, 0) is 50.3 Å². The van der Waals surface area contributed by atoms with Crippen molar-refractivity contribution in [2.45, 2.75) is 39.2 Å². The minimum absolute atomic E-state index is 0.0561. The molecule has 1 aromatic carbocycles. The van der Waals surface area contributed by atoms with Gasteiger partial charge < -0.3 is 25.2 Å². The second-order valence-corrected chi connectivity index (χ2v) is 6.83. The minimum atomic E-state index is -0.777. The largest absolute Gasteiger partial charge is 0.493 e. The SMILES string of the molecule is CCNC(=O)COc1ccc(CNC(=O)C2CCC(C(=O)O)CC2)cc1OC. The van der Waals surface area contributed by atoms with Gasteiger partial charge in [0.25, 0.3) is 5.91 Å². The van der Waals surface area contributed by atoms with Crippen molar-refractivity contribution in [1.29, 1.82) is 0 Å². The molecule has 0 saturated heterocycles. The van der Waals surface area contributed by atoms with E-state index >= 15 is 0 Å². The zero-order valence-electron chi connectivity index (χ0n) is 16.3. The van der Waals surface area contributed by atoms with Crippen molar-refractivity contribution in [3.63, 3.8) is 0 Å². The number of hydrogen-bond acceptors (Lipinski definition) is 5. The van der Waals surface area contributed by atoms with Crippen LogP contribution in [0.1, 0.15) is 38.2 Å². The Balaban J connectivity index is 1.86. The topological polar surface area (TPSA) is 114 Å². The van der Waals surface area contributed by atoms with E-state index in [0.717, 1.165) is 5.56 Å². The van der Waals surface area contributed by atoms with E-state index in [1.54, 1.807) is 18.2 Å². The molecular weight excluding hydrogens is 364 g/mol.